The fraction of sp³-hybridized carbons (Fsp3) is 0.438. The van der Waals surface area contributed by atoms with Gasteiger partial charge < -0.3 is 14.7 Å². The Morgan fingerprint density at radius 1 is 1.35 bits per heavy atom. The minimum absolute atomic E-state index is 0.122. The van der Waals surface area contributed by atoms with E-state index in [0.29, 0.717) is 11.3 Å². The van der Waals surface area contributed by atoms with Crippen LogP contribution in [0.2, 0.25) is 0 Å². The molecule has 0 unspecified atom stereocenters. The van der Waals surface area contributed by atoms with Crippen LogP contribution in [0.4, 0.5) is 5.69 Å². The number of fused-ring (bicyclic) bond motifs is 2. The number of nitrogens with zero attached hydrogens (tertiary/aromatic N) is 2. The highest BCUT2D eigenvalue weighted by Crippen LogP contribution is 2.32. The molecule has 1 aromatic carbocycles. The summed E-state index contributed by atoms with van der Waals surface area (Å²) in [7, 11) is 0. The van der Waals surface area contributed by atoms with Gasteiger partial charge in [-0.1, -0.05) is 12.1 Å². The second-order valence-electron chi connectivity index (χ2n) is 5.61. The number of benzene rings is 1. The average molecular weight is 318 g/mol. The van der Waals surface area contributed by atoms with Gasteiger partial charge >= 0.3 is 5.97 Å². The quantitative estimate of drug-likeness (QED) is 0.803. The van der Waals surface area contributed by atoms with Crippen LogP contribution in [0.1, 0.15) is 23.7 Å². The maximum Gasteiger partial charge on any atom is 0.326 e. The van der Waals surface area contributed by atoms with Crippen molar-refractivity contribution in [2.24, 2.45) is 0 Å². The lowest BCUT2D eigenvalue weighted by atomic mass is 10.1. The van der Waals surface area contributed by atoms with Crippen LogP contribution in [0.3, 0.4) is 0 Å². The molecule has 0 bridgehead atoms. The smallest absolute Gasteiger partial charge is 0.326 e. The summed E-state index contributed by atoms with van der Waals surface area (Å²) in [5.41, 5.74) is 0.751. The Morgan fingerprint density at radius 2 is 2.09 bits per heavy atom. The number of carbonyl (C=O) groups excluding carboxylic acids is 3. The number of hydrogen-bond donors (Lipinski definition) is 1. The predicted octanol–water partition coefficient (Wildman–Crippen LogP) is 0.172. The molecule has 2 heterocycles. The molecule has 1 N–H and O–H groups in total. The minimum Gasteiger partial charge on any atom is -0.465 e. The van der Waals surface area contributed by atoms with E-state index < -0.39 is 18.1 Å². The predicted molar refractivity (Wildman–Crippen MR) is 80.9 cm³/mol. The van der Waals surface area contributed by atoms with Gasteiger partial charge in [-0.3, -0.25) is 19.3 Å². The maximum atomic E-state index is 12.8. The number of aliphatic hydroxyl groups excluding tert-OH is 1. The largest absolute Gasteiger partial charge is 0.465 e. The third-order valence-electron chi connectivity index (χ3n) is 4.11. The highest BCUT2D eigenvalue weighted by Gasteiger charge is 2.45. The van der Waals surface area contributed by atoms with Crippen molar-refractivity contribution in [3.8, 4) is 0 Å². The monoisotopic (exact) mass is 318 g/mol. The van der Waals surface area contributed by atoms with E-state index in [0.717, 1.165) is 0 Å². The number of esters is 1. The minimum atomic E-state index is -0.751. The summed E-state index contributed by atoms with van der Waals surface area (Å²) in [6.07, 6.45) is -0.555. The molecular formula is C16H18N2O5. The summed E-state index contributed by atoms with van der Waals surface area (Å²) in [6, 6.07) is 5.93. The third-order valence-corrected chi connectivity index (χ3v) is 4.11. The Bertz CT molecular complexity index is 660. The highest BCUT2D eigenvalue weighted by atomic mass is 16.5. The molecule has 7 nitrogen and oxygen atoms in total. The van der Waals surface area contributed by atoms with Gasteiger partial charge in [0.2, 0.25) is 5.91 Å². The van der Waals surface area contributed by atoms with E-state index in [1.807, 2.05) is 0 Å². The molecule has 2 atom stereocenters. The normalized spacial score (nSPS) is 23.4. The van der Waals surface area contributed by atoms with Crippen LogP contribution in [0.5, 0.6) is 0 Å². The van der Waals surface area contributed by atoms with Gasteiger partial charge in [-0.05, 0) is 19.1 Å². The van der Waals surface area contributed by atoms with Gasteiger partial charge in [-0.2, -0.15) is 0 Å². The first-order valence-corrected chi connectivity index (χ1v) is 7.58. The number of para-hydroxylation sites is 1. The fourth-order valence-corrected chi connectivity index (χ4v) is 3.11. The molecule has 122 valence electrons. The topological polar surface area (TPSA) is 87.2 Å². The summed E-state index contributed by atoms with van der Waals surface area (Å²) in [5, 5.41) is 9.83. The van der Waals surface area contributed by atoms with Crippen LogP contribution in [0.25, 0.3) is 0 Å². The molecular weight excluding hydrogens is 300 g/mol. The molecule has 0 radical (unpaired) electrons. The first kappa shape index (κ1) is 15.5. The van der Waals surface area contributed by atoms with Crippen molar-refractivity contribution in [3.05, 3.63) is 29.8 Å². The number of anilines is 1. The molecule has 7 heteroatoms. The van der Waals surface area contributed by atoms with E-state index in [2.05, 4.69) is 0 Å². The Morgan fingerprint density at radius 3 is 2.83 bits per heavy atom. The summed E-state index contributed by atoms with van der Waals surface area (Å²) < 4.78 is 4.93. The zero-order valence-electron chi connectivity index (χ0n) is 12.8. The van der Waals surface area contributed by atoms with Crippen molar-refractivity contribution in [2.75, 3.05) is 24.6 Å². The van der Waals surface area contributed by atoms with Crippen molar-refractivity contribution in [1.29, 1.82) is 0 Å². The van der Waals surface area contributed by atoms with E-state index >= 15 is 0 Å². The van der Waals surface area contributed by atoms with Crippen molar-refractivity contribution in [1.82, 2.24) is 4.90 Å². The molecule has 1 fully saturated rings. The Labute approximate surface area is 133 Å². The molecule has 3 rings (SSSR count). The number of aliphatic hydroxyl groups is 1. The second kappa shape index (κ2) is 6.00. The van der Waals surface area contributed by atoms with E-state index in [-0.39, 0.29) is 37.9 Å². The van der Waals surface area contributed by atoms with Crippen molar-refractivity contribution in [2.45, 2.75) is 25.5 Å². The van der Waals surface area contributed by atoms with Gasteiger partial charge in [0.05, 0.1) is 24.0 Å². The molecule has 23 heavy (non-hydrogen) atoms. The van der Waals surface area contributed by atoms with E-state index in [9.17, 15) is 19.5 Å². The molecule has 1 saturated heterocycles. The zero-order valence-corrected chi connectivity index (χ0v) is 12.8. The summed E-state index contributed by atoms with van der Waals surface area (Å²) in [4.78, 5) is 40.0. The number of carbonyl (C=O) groups is 3. The zero-order chi connectivity index (χ0) is 16.6. The molecule has 0 saturated carbocycles. The standard InChI is InChI=1S/C16H18N2O5/c1-2-23-14(20)9-18-12-6-4-3-5-11(12)15(21)17-8-10(19)7-13(17)16(18)22/h3-6,10,13,19H,2,7-9H2,1H3/t10-,13-/m1/s1. The van der Waals surface area contributed by atoms with E-state index in [4.69, 9.17) is 4.74 Å². The molecule has 1 aromatic rings. The highest BCUT2D eigenvalue weighted by molar-refractivity contribution is 6.12. The van der Waals surface area contributed by atoms with Crippen LogP contribution in [0, 0.1) is 0 Å². The van der Waals surface area contributed by atoms with Crippen LogP contribution < -0.4 is 4.90 Å². The second-order valence-corrected chi connectivity index (χ2v) is 5.61. The Kier molecular flexibility index (Phi) is 4.04. The number of hydrogen-bond acceptors (Lipinski definition) is 5. The average Bonchev–Trinajstić information content (AvgIpc) is 2.90. The van der Waals surface area contributed by atoms with Crippen molar-refractivity contribution < 1.29 is 24.2 Å². The van der Waals surface area contributed by atoms with Gasteiger partial charge in [0.15, 0.2) is 0 Å². The van der Waals surface area contributed by atoms with Crippen LogP contribution in [0.15, 0.2) is 24.3 Å². The fourth-order valence-electron chi connectivity index (χ4n) is 3.11. The van der Waals surface area contributed by atoms with Gasteiger partial charge in [0.1, 0.15) is 12.6 Å². The molecule has 0 spiro atoms. The van der Waals surface area contributed by atoms with Crippen LogP contribution in [-0.4, -0.2) is 59.6 Å². The van der Waals surface area contributed by atoms with Gasteiger partial charge in [0.25, 0.3) is 5.91 Å². The van der Waals surface area contributed by atoms with Crippen molar-refractivity contribution in [3.63, 3.8) is 0 Å². The lowest BCUT2D eigenvalue weighted by molar-refractivity contribution is -0.142. The van der Waals surface area contributed by atoms with Crippen LogP contribution >= 0.6 is 0 Å². The lowest BCUT2D eigenvalue weighted by Crippen LogP contribution is -2.46. The van der Waals surface area contributed by atoms with Crippen molar-refractivity contribution >= 4 is 23.5 Å². The van der Waals surface area contributed by atoms with E-state index in [1.54, 1.807) is 31.2 Å². The van der Waals surface area contributed by atoms with Gasteiger partial charge in [-0.25, -0.2) is 0 Å². The first-order valence-electron chi connectivity index (χ1n) is 7.58. The Hall–Kier alpha value is -2.41. The molecule has 0 aromatic heterocycles. The maximum absolute atomic E-state index is 12.8. The molecule has 2 amide bonds. The van der Waals surface area contributed by atoms with E-state index in [1.165, 1.54) is 9.80 Å². The number of ether oxygens (including phenoxy) is 1. The van der Waals surface area contributed by atoms with Gasteiger partial charge in [-0.15, -0.1) is 0 Å². The third kappa shape index (κ3) is 2.68. The summed E-state index contributed by atoms with van der Waals surface area (Å²) >= 11 is 0. The lowest BCUT2D eigenvalue weighted by Gasteiger charge is -2.24. The summed E-state index contributed by atoms with van der Waals surface area (Å²) in [5.74, 6) is -1.20. The number of amides is 2. The molecule has 2 aliphatic rings. The molecule has 0 aliphatic carbocycles. The Balaban J connectivity index is 2.03. The number of rotatable bonds is 3. The van der Waals surface area contributed by atoms with Crippen LogP contribution in [-0.2, 0) is 14.3 Å². The summed E-state index contributed by atoms with van der Waals surface area (Å²) in [6.45, 7) is 1.78. The molecule has 2 aliphatic heterocycles. The SMILES string of the molecule is CCOC(=O)CN1C(=O)[C@H]2C[C@@H](O)CN2C(=O)c2ccccc21. The first-order chi connectivity index (χ1) is 11.0. The van der Waals surface area contributed by atoms with Gasteiger partial charge in [0, 0.05) is 13.0 Å².